The van der Waals surface area contributed by atoms with E-state index in [9.17, 15) is 4.79 Å². The molecule has 3 aliphatic heterocycles. The fraction of sp³-hybridized carbons (Fsp3) is 0.765. The van der Waals surface area contributed by atoms with Gasteiger partial charge in [0.1, 0.15) is 0 Å². The van der Waals surface area contributed by atoms with Crippen LogP contribution in [0, 0.1) is 0 Å². The molecule has 2 unspecified atom stereocenters. The number of nitrogens with one attached hydrogen (secondary N) is 1. The van der Waals surface area contributed by atoms with Crippen LogP contribution in [0.2, 0.25) is 0 Å². The minimum Gasteiger partial charge on any atom is -0.381 e. The van der Waals surface area contributed by atoms with E-state index in [1.54, 1.807) is 6.20 Å². The van der Waals surface area contributed by atoms with Crippen molar-refractivity contribution in [1.29, 1.82) is 0 Å². The average molecular weight is 319 g/mol. The predicted molar refractivity (Wildman–Crippen MR) is 84.1 cm³/mol. The van der Waals surface area contributed by atoms with Crippen molar-refractivity contribution in [1.82, 2.24) is 15.1 Å². The van der Waals surface area contributed by atoms with Gasteiger partial charge in [0, 0.05) is 32.6 Å². The summed E-state index contributed by atoms with van der Waals surface area (Å²) in [4.78, 5) is 13.0. The summed E-state index contributed by atoms with van der Waals surface area (Å²) >= 11 is 0. The standard InChI is InChI=1S/C17H25N3O3/c21-16(13-3-1-9-20-14(13)5-8-18-20)19-17(6-11-22-12-7-17)15-4-2-10-23-15/h5,8,13,15H,1-4,6-7,9-12H2,(H,19,21). The van der Waals surface area contributed by atoms with E-state index in [2.05, 4.69) is 10.4 Å². The summed E-state index contributed by atoms with van der Waals surface area (Å²) < 4.78 is 13.5. The minimum absolute atomic E-state index is 0.0904. The molecule has 126 valence electrons. The highest BCUT2D eigenvalue weighted by molar-refractivity contribution is 5.84. The molecule has 4 heterocycles. The zero-order valence-corrected chi connectivity index (χ0v) is 13.5. The lowest BCUT2D eigenvalue weighted by Gasteiger charge is -2.43. The molecule has 23 heavy (non-hydrogen) atoms. The lowest BCUT2D eigenvalue weighted by molar-refractivity contribution is -0.130. The van der Waals surface area contributed by atoms with E-state index in [1.807, 2.05) is 10.7 Å². The summed E-state index contributed by atoms with van der Waals surface area (Å²) in [5, 5.41) is 7.71. The van der Waals surface area contributed by atoms with Crippen molar-refractivity contribution in [2.24, 2.45) is 0 Å². The quantitative estimate of drug-likeness (QED) is 0.919. The Labute approximate surface area is 136 Å². The molecule has 3 aliphatic rings. The van der Waals surface area contributed by atoms with Crippen LogP contribution in [0.15, 0.2) is 12.3 Å². The Hall–Kier alpha value is -1.40. The van der Waals surface area contributed by atoms with Crippen LogP contribution in [0.5, 0.6) is 0 Å². The van der Waals surface area contributed by atoms with Crippen molar-refractivity contribution in [3.05, 3.63) is 18.0 Å². The second-order valence-electron chi connectivity index (χ2n) is 6.93. The monoisotopic (exact) mass is 319 g/mol. The van der Waals surface area contributed by atoms with Crippen LogP contribution in [0.3, 0.4) is 0 Å². The summed E-state index contributed by atoms with van der Waals surface area (Å²) in [6.45, 7) is 3.11. The zero-order valence-electron chi connectivity index (χ0n) is 13.5. The summed E-state index contributed by atoms with van der Waals surface area (Å²) in [6.07, 6.45) is 7.63. The molecule has 2 atom stereocenters. The topological polar surface area (TPSA) is 65.4 Å². The van der Waals surface area contributed by atoms with Gasteiger partial charge in [0.05, 0.1) is 23.3 Å². The molecule has 4 rings (SSSR count). The molecule has 0 aliphatic carbocycles. The van der Waals surface area contributed by atoms with Gasteiger partial charge in [-0.15, -0.1) is 0 Å². The molecule has 0 saturated carbocycles. The van der Waals surface area contributed by atoms with Crippen molar-refractivity contribution in [2.45, 2.75) is 62.6 Å². The molecule has 0 radical (unpaired) electrons. The number of nitrogens with zero attached hydrogens (tertiary/aromatic N) is 2. The van der Waals surface area contributed by atoms with Gasteiger partial charge in [0.15, 0.2) is 0 Å². The van der Waals surface area contributed by atoms with Crippen LogP contribution >= 0.6 is 0 Å². The fourth-order valence-electron chi connectivity index (χ4n) is 4.29. The van der Waals surface area contributed by atoms with E-state index in [1.165, 1.54) is 0 Å². The van der Waals surface area contributed by atoms with Crippen LogP contribution in [0.4, 0.5) is 0 Å². The Balaban J connectivity index is 1.54. The van der Waals surface area contributed by atoms with Crippen molar-refractivity contribution in [3.63, 3.8) is 0 Å². The molecule has 6 nitrogen and oxygen atoms in total. The Morgan fingerprint density at radius 2 is 2.13 bits per heavy atom. The first-order valence-electron chi connectivity index (χ1n) is 8.82. The van der Waals surface area contributed by atoms with Gasteiger partial charge in [0.25, 0.3) is 0 Å². The zero-order chi connectivity index (χ0) is 15.7. The number of carbonyl (C=O) groups is 1. The number of ether oxygens (including phenoxy) is 2. The maximum Gasteiger partial charge on any atom is 0.229 e. The van der Waals surface area contributed by atoms with Gasteiger partial charge in [-0.2, -0.15) is 5.10 Å². The molecule has 2 saturated heterocycles. The minimum atomic E-state index is -0.256. The summed E-state index contributed by atoms with van der Waals surface area (Å²) in [7, 11) is 0. The van der Waals surface area contributed by atoms with E-state index in [0.717, 1.165) is 57.4 Å². The lowest BCUT2D eigenvalue weighted by atomic mass is 9.81. The number of aromatic nitrogens is 2. The smallest absolute Gasteiger partial charge is 0.229 e. The molecule has 0 aromatic carbocycles. The third kappa shape index (κ3) is 2.78. The number of carbonyl (C=O) groups excluding carboxylic acids is 1. The lowest BCUT2D eigenvalue weighted by Crippen LogP contribution is -2.60. The molecular weight excluding hydrogens is 294 g/mol. The Morgan fingerprint density at radius 1 is 1.26 bits per heavy atom. The van der Waals surface area contributed by atoms with Crippen molar-refractivity contribution in [3.8, 4) is 0 Å². The summed E-state index contributed by atoms with van der Waals surface area (Å²) in [5.74, 6) is 0.0382. The Kier molecular flexibility index (Phi) is 4.11. The maximum atomic E-state index is 13.0. The first kappa shape index (κ1) is 15.1. The van der Waals surface area contributed by atoms with E-state index in [4.69, 9.17) is 9.47 Å². The molecule has 1 aromatic rings. The van der Waals surface area contributed by atoms with E-state index in [0.29, 0.717) is 13.2 Å². The average Bonchev–Trinajstić information content (AvgIpc) is 3.27. The molecule has 0 bridgehead atoms. The molecule has 1 N–H and O–H groups in total. The van der Waals surface area contributed by atoms with Gasteiger partial charge < -0.3 is 14.8 Å². The van der Waals surface area contributed by atoms with Gasteiger partial charge in [-0.05, 0) is 44.6 Å². The highest BCUT2D eigenvalue weighted by Gasteiger charge is 2.45. The van der Waals surface area contributed by atoms with Gasteiger partial charge in [-0.25, -0.2) is 0 Å². The summed E-state index contributed by atoms with van der Waals surface area (Å²) in [5.41, 5.74) is 0.789. The molecule has 6 heteroatoms. The number of hydrogen-bond donors (Lipinski definition) is 1. The highest BCUT2D eigenvalue weighted by Crippen LogP contribution is 2.34. The van der Waals surface area contributed by atoms with Gasteiger partial charge in [-0.3, -0.25) is 9.48 Å². The van der Waals surface area contributed by atoms with E-state index >= 15 is 0 Å². The van der Waals surface area contributed by atoms with Crippen molar-refractivity contribution < 1.29 is 14.3 Å². The number of fused-ring (bicyclic) bond motifs is 1. The fourth-order valence-corrected chi connectivity index (χ4v) is 4.29. The first-order valence-corrected chi connectivity index (χ1v) is 8.82. The second-order valence-corrected chi connectivity index (χ2v) is 6.93. The largest absolute Gasteiger partial charge is 0.381 e. The normalized spacial score (nSPS) is 29.9. The third-order valence-electron chi connectivity index (χ3n) is 5.59. The predicted octanol–water partition coefficient (Wildman–Crippen LogP) is 1.60. The van der Waals surface area contributed by atoms with Crippen LogP contribution < -0.4 is 5.32 Å². The van der Waals surface area contributed by atoms with Crippen molar-refractivity contribution in [2.75, 3.05) is 19.8 Å². The van der Waals surface area contributed by atoms with Crippen LogP contribution in [-0.2, 0) is 20.8 Å². The number of rotatable bonds is 3. The van der Waals surface area contributed by atoms with Gasteiger partial charge >= 0.3 is 0 Å². The number of hydrogen-bond acceptors (Lipinski definition) is 4. The van der Waals surface area contributed by atoms with Crippen molar-refractivity contribution >= 4 is 5.91 Å². The highest BCUT2D eigenvalue weighted by atomic mass is 16.5. The van der Waals surface area contributed by atoms with E-state index < -0.39 is 0 Å². The van der Waals surface area contributed by atoms with E-state index in [-0.39, 0.29) is 23.5 Å². The van der Waals surface area contributed by atoms with Gasteiger partial charge in [0.2, 0.25) is 5.91 Å². The molecular formula is C17H25N3O3. The maximum absolute atomic E-state index is 13.0. The molecule has 0 spiro atoms. The van der Waals surface area contributed by atoms with Crippen LogP contribution in [0.1, 0.15) is 50.1 Å². The molecule has 2 fully saturated rings. The number of amides is 1. The third-order valence-corrected chi connectivity index (χ3v) is 5.59. The van der Waals surface area contributed by atoms with Gasteiger partial charge in [-0.1, -0.05) is 0 Å². The number of aryl methyl sites for hydroxylation is 1. The first-order chi connectivity index (χ1) is 11.3. The SMILES string of the molecule is O=C(NC1(C2CCCO2)CCOCC1)C1CCCn2nccc21. The molecule has 1 aromatic heterocycles. The molecule has 1 amide bonds. The van der Waals surface area contributed by atoms with Crippen LogP contribution in [0.25, 0.3) is 0 Å². The Morgan fingerprint density at radius 3 is 2.91 bits per heavy atom. The second kappa shape index (κ2) is 6.24. The van der Waals surface area contributed by atoms with Crippen LogP contribution in [-0.4, -0.2) is 47.2 Å². The summed E-state index contributed by atoms with van der Waals surface area (Å²) in [6, 6.07) is 1.98. The Bertz CT molecular complexity index is 559.